The zero-order valence-electron chi connectivity index (χ0n) is 13.1. The Balaban J connectivity index is 1.80. The molecule has 1 aromatic carbocycles. The summed E-state index contributed by atoms with van der Waals surface area (Å²) in [5.41, 5.74) is 7.08. The van der Waals surface area contributed by atoms with E-state index < -0.39 is 0 Å². The Morgan fingerprint density at radius 1 is 1.39 bits per heavy atom. The summed E-state index contributed by atoms with van der Waals surface area (Å²) >= 11 is 0. The van der Waals surface area contributed by atoms with Crippen molar-refractivity contribution in [3.63, 3.8) is 0 Å². The number of para-hydroxylation sites is 1. The minimum Gasteiger partial charge on any atom is -0.460 e. The lowest BCUT2D eigenvalue weighted by atomic mass is 10.1. The number of nitrogens with two attached hydrogens (primary N) is 1. The maximum absolute atomic E-state index is 12.3. The molecule has 23 heavy (non-hydrogen) atoms. The predicted molar refractivity (Wildman–Crippen MR) is 88.5 cm³/mol. The van der Waals surface area contributed by atoms with Gasteiger partial charge >= 0.3 is 0 Å². The first-order valence-electron chi connectivity index (χ1n) is 7.87. The van der Waals surface area contributed by atoms with Crippen LogP contribution in [0.3, 0.4) is 0 Å². The molecular formula is C18H20N2O3. The molecule has 5 nitrogen and oxygen atoms in total. The van der Waals surface area contributed by atoms with Crippen LogP contribution < -0.4 is 5.73 Å². The number of furan rings is 1. The van der Waals surface area contributed by atoms with Gasteiger partial charge in [0.2, 0.25) is 11.8 Å². The molecule has 0 bridgehead atoms. The molecule has 0 aliphatic carbocycles. The van der Waals surface area contributed by atoms with E-state index in [4.69, 9.17) is 10.2 Å². The smallest absolute Gasteiger partial charge is 0.246 e. The van der Waals surface area contributed by atoms with Crippen molar-refractivity contribution in [2.45, 2.75) is 19.8 Å². The number of amides is 2. The highest BCUT2D eigenvalue weighted by atomic mass is 16.3. The number of aryl methyl sites for hydroxylation is 1. The highest BCUT2D eigenvalue weighted by molar-refractivity contribution is 5.96. The number of fused-ring (bicyclic) bond motifs is 1. The molecular weight excluding hydrogens is 292 g/mol. The van der Waals surface area contributed by atoms with Crippen LogP contribution in [0.15, 0.2) is 34.8 Å². The topological polar surface area (TPSA) is 76.5 Å². The second-order valence-corrected chi connectivity index (χ2v) is 5.79. The normalized spacial score (nSPS) is 18.1. The van der Waals surface area contributed by atoms with Gasteiger partial charge in [0.25, 0.3) is 0 Å². The Morgan fingerprint density at radius 2 is 2.17 bits per heavy atom. The number of benzene rings is 1. The summed E-state index contributed by atoms with van der Waals surface area (Å²) in [6, 6.07) is 7.79. The van der Waals surface area contributed by atoms with E-state index in [1.165, 1.54) is 0 Å². The summed E-state index contributed by atoms with van der Waals surface area (Å²) in [6.07, 6.45) is 4.77. The van der Waals surface area contributed by atoms with Crippen LogP contribution in [0.4, 0.5) is 0 Å². The minimum atomic E-state index is -0.335. The first-order chi connectivity index (χ1) is 11.1. The molecule has 3 rings (SSSR count). The Labute approximate surface area is 134 Å². The fourth-order valence-corrected chi connectivity index (χ4v) is 3.01. The van der Waals surface area contributed by atoms with Crippen molar-refractivity contribution in [3.05, 3.63) is 41.7 Å². The average molecular weight is 312 g/mol. The van der Waals surface area contributed by atoms with E-state index in [9.17, 15) is 9.59 Å². The van der Waals surface area contributed by atoms with Crippen molar-refractivity contribution in [2.75, 3.05) is 13.1 Å². The monoisotopic (exact) mass is 312 g/mol. The molecule has 0 spiro atoms. The Morgan fingerprint density at radius 3 is 2.87 bits per heavy atom. The highest BCUT2D eigenvalue weighted by Gasteiger charge is 2.28. The van der Waals surface area contributed by atoms with Gasteiger partial charge in [-0.15, -0.1) is 0 Å². The standard InChI is InChI=1S/C18H20N2O3/c1-2-15-14(13-5-3-4-6-16(13)23-15)7-8-17(21)20-10-9-12(11-20)18(19)22/h3-8,12H,2,9-11H2,1H3,(H2,19,22). The first kappa shape index (κ1) is 15.3. The average Bonchev–Trinajstić information content (AvgIpc) is 3.17. The van der Waals surface area contributed by atoms with E-state index >= 15 is 0 Å². The number of carbonyl (C=O) groups excluding carboxylic acids is 2. The molecule has 0 saturated carbocycles. The number of hydrogen-bond acceptors (Lipinski definition) is 3. The third kappa shape index (κ3) is 2.99. The number of rotatable bonds is 4. The van der Waals surface area contributed by atoms with Crippen LogP contribution in [-0.4, -0.2) is 29.8 Å². The van der Waals surface area contributed by atoms with Crippen LogP contribution in [0.5, 0.6) is 0 Å². The van der Waals surface area contributed by atoms with Gasteiger partial charge < -0.3 is 15.1 Å². The van der Waals surface area contributed by atoms with Gasteiger partial charge in [-0.25, -0.2) is 0 Å². The molecule has 1 saturated heterocycles. The summed E-state index contributed by atoms with van der Waals surface area (Å²) in [6.45, 7) is 3.00. The number of hydrogen-bond donors (Lipinski definition) is 1. The van der Waals surface area contributed by atoms with Gasteiger partial charge in [0, 0.05) is 36.5 Å². The van der Waals surface area contributed by atoms with Gasteiger partial charge in [-0.1, -0.05) is 25.1 Å². The maximum atomic E-state index is 12.3. The summed E-state index contributed by atoms with van der Waals surface area (Å²) in [7, 11) is 0. The summed E-state index contributed by atoms with van der Waals surface area (Å²) in [5.74, 6) is 0.208. The van der Waals surface area contributed by atoms with Crippen LogP contribution >= 0.6 is 0 Å². The van der Waals surface area contributed by atoms with E-state index in [0.29, 0.717) is 19.5 Å². The van der Waals surface area contributed by atoms with E-state index in [1.54, 1.807) is 11.0 Å². The molecule has 1 atom stereocenters. The van der Waals surface area contributed by atoms with Crippen molar-refractivity contribution >= 4 is 28.9 Å². The molecule has 0 radical (unpaired) electrons. The van der Waals surface area contributed by atoms with Crippen molar-refractivity contribution in [2.24, 2.45) is 11.7 Å². The second kappa shape index (κ2) is 6.28. The molecule has 2 N–H and O–H groups in total. The van der Waals surface area contributed by atoms with E-state index in [2.05, 4.69) is 0 Å². The van der Waals surface area contributed by atoms with Crippen molar-refractivity contribution in [1.29, 1.82) is 0 Å². The maximum Gasteiger partial charge on any atom is 0.246 e. The van der Waals surface area contributed by atoms with Crippen LogP contribution in [0.1, 0.15) is 24.7 Å². The largest absolute Gasteiger partial charge is 0.460 e. The molecule has 120 valence electrons. The molecule has 5 heteroatoms. The fraction of sp³-hybridized carbons (Fsp3) is 0.333. The molecule has 1 unspecified atom stereocenters. The molecule has 1 fully saturated rings. The lowest BCUT2D eigenvalue weighted by Crippen LogP contribution is -2.30. The van der Waals surface area contributed by atoms with Gasteiger partial charge in [-0.3, -0.25) is 9.59 Å². The number of nitrogens with zero attached hydrogens (tertiary/aromatic N) is 1. The van der Waals surface area contributed by atoms with Crippen molar-refractivity contribution in [1.82, 2.24) is 4.90 Å². The minimum absolute atomic E-state index is 0.0962. The fourth-order valence-electron chi connectivity index (χ4n) is 3.01. The van der Waals surface area contributed by atoms with Crippen LogP contribution in [0, 0.1) is 5.92 Å². The molecule has 1 aromatic heterocycles. The van der Waals surface area contributed by atoms with E-state index in [-0.39, 0.29) is 17.7 Å². The Bertz CT molecular complexity index is 776. The second-order valence-electron chi connectivity index (χ2n) is 5.79. The lowest BCUT2D eigenvalue weighted by Gasteiger charge is -2.13. The molecule has 2 heterocycles. The molecule has 2 aromatic rings. The Kier molecular flexibility index (Phi) is 4.19. The lowest BCUT2D eigenvalue weighted by molar-refractivity contribution is -0.125. The van der Waals surface area contributed by atoms with Crippen LogP contribution in [-0.2, 0) is 16.0 Å². The van der Waals surface area contributed by atoms with Gasteiger partial charge in [0.05, 0.1) is 5.92 Å². The summed E-state index contributed by atoms with van der Waals surface area (Å²) in [4.78, 5) is 25.2. The molecule has 1 aliphatic rings. The number of primary amides is 1. The third-order valence-corrected chi connectivity index (χ3v) is 4.33. The van der Waals surface area contributed by atoms with Crippen molar-refractivity contribution < 1.29 is 14.0 Å². The quantitative estimate of drug-likeness (QED) is 0.880. The summed E-state index contributed by atoms with van der Waals surface area (Å²) < 4.78 is 5.82. The third-order valence-electron chi connectivity index (χ3n) is 4.33. The predicted octanol–water partition coefficient (Wildman–Crippen LogP) is 2.34. The summed E-state index contributed by atoms with van der Waals surface area (Å²) in [5, 5.41) is 1.00. The zero-order chi connectivity index (χ0) is 16.4. The Hall–Kier alpha value is -2.56. The van der Waals surface area contributed by atoms with Gasteiger partial charge in [-0.2, -0.15) is 0 Å². The van der Waals surface area contributed by atoms with Gasteiger partial charge in [-0.05, 0) is 18.6 Å². The zero-order valence-corrected chi connectivity index (χ0v) is 13.1. The van der Waals surface area contributed by atoms with Gasteiger partial charge in [0.1, 0.15) is 11.3 Å². The highest BCUT2D eigenvalue weighted by Crippen LogP contribution is 2.27. The van der Waals surface area contributed by atoms with Gasteiger partial charge in [0.15, 0.2) is 0 Å². The van der Waals surface area contributed by atoms with E-state index in [0.717, 1.165) is 28.7 Å². The molecule has 2 amide bonds. The van der Waals surface area contributed by atoms with E-state index in [1.807, 2.05) is 37.3 Å². The SMILES string of the molecule is CCc1oc2ccccc2c1C=CC(=O)N1CCC(C(N)=O)C1. The van der Waals surface area contributed by atoms with Crippen LogP contribution in [0.2, 0.25) is 0 Å². The van der Waals surface area contributed by atoms with Crippen LogP contribution in [0.25, 0.3) is 17.0 Å². The molecule has 1 aliphatic heterocycles. The first-order valence-corrected chi connectivity index (χ1v) is 7.87. The number of carbonyl (C=O) groups is 2. The number of likely N-dealkylation sites (tertiary alicyclic amines) is 1. The van der Waals surface area contributed by atoms with Crippen molar-refractivity contribution in [3.8, 4) is 0 Å².